The fraction of sp³-hybridized carbons (Fsp3) is 0.217. The van der Waals surface area contributed by atoms with Crippen molar-refractivity contribution >= 4 is 41.4 Å². The molecule has 0 radical (unpaired) electrons. The third kappa shape index (κ3) is 7.00. The molecule has 3 aromatic rings. The minimum Gasteiger partial charge on any atom is -0.490 e. The number of aromatic nitrogens is 3. The van der Waals surface area contributed by atoms with Gasteiger partial charge in [0.1, 0.15) is 4.91 Å². The molecule has 0 saturated carbocycles. The number of ether oxygens (including phenoxy) is 3. The molecule has 0 unspecified atom stereocenters. The molecule has 0 aliphatic carbocycles. The topological polar surface area (TPSA) is 124 Å². The molecule has 34 heavy (non-hydrogen) atoms. The van der Waals surface area contributed by atoms with Crippen molar-refractivity contribution in [1.82, 2.24) is 15.2 Å². The molecule has 0 fully saturated rings. The fourth-order valence-corrected chi connectivity index (χ4v) is 3.59. The average Bonchev–Trinajstić information content (AvgIpc) is 3.27. The zero-order valence-corrected chi connectivity index (χ0v) is 20.0. The van der Waals surface area contributed by atoms with Crippen LogP contribution in [0, 0.1) is 0 Å². The summed E-state index contributed by atoms with van der Waals surface area (Å²) in [4.78, 5) is 27.8. The highest BCUT2D eigenvalue weighted by Crippen LogP contribution is 2.32. The van der Waals surface area contributed by atoms with Crippen LogP contribution in [0.1, 0.15) is 19.4 Å². The van der Waals surface area contributed by atoms with E-state index in [1.54, 1.807) is 56.3 Å². The van der Waals surface area contributed by atoms with E-state index < -0.39 is 11.9 Å². The second-order valence-electron chi connectivity index (χ2n) is 6.62. The average molecular weight is 504 g/mol. The van der Waals surface area contributed by atoms with E-state index in [4.69, 9.17) is 25.8 Å². The van der Waals surface area contributed by atoms with E-state index in [9.17, 15) is 14.7 Å². The first-order chi connectivity index (χ1) is 16.4. The molecule has 9 nitrogen and oxygen atoms in total. The molecule has 2 aromatic carbocycles. The third-order valence-electron chi connectivity index (χ3n) is 4.21. The number of hydrogen-bond donors (Lipinski definition) is 2. The van der Waals surface area contributed by atoms with Gasteiger partial charge in [-0.1, -0.05) is 17.7 Å². The van der Waals surface area contributed by atoms with Gasteiger partial charge in [0.2, 0.25) is 5.16 Å². The van der Waals surface area contributed by atoms with Crippen LogP contribution in [0.2, 0.25) is 5.02 Å². The van der Waals surface area contributed by atoms with Gasteiger partial charge in [0.05, 0.1) is 13.2 Å². The van der Waals surface area contributed by atoms with E-state index in [1.165, 1.54) is 6.08 Å². The number of carboxylic acids is 1. The van der Waals surface area contributed by atoms with Gasteiger partial charge < -0.3 is 19.3 Å². The summed E-state index contributed by atoms with van der Waals surface area (Å²) in [5.74, 6) is -0.423. The molecule has 0 saturated heterocycles. The van der Waals surface area contributed by atoms with Gasteiger partial charge in [0, 0.05) is 10.6 Å². The monoisotopic (exact) mass is 503 g/mol. The van der Waals surface area contributed by atoms with Crippen LogP contribution in [0.4, 0.5) is 0 Å². The lowest BCUT2D eigenvalue weighted by Gasteiger charge is -2.12. The van der Waals surface area contributed by atoms with Crippen molar-refractivity contribution in [3.63, 3.8) is 0 Å². The number of aromatic amines is 1. The van der Waals surface area contributed by atoms with Crippen molar-refractivity contribution < 1.29 is 28.9 Å². The lowest BCUT2D eigenvalue weighted by molar-refractivity contribution is -0.145. The zero-order valence-electron chi connectivity index (χ0n) is 18.4. The zero-order chi connectivity index (χ0) is 24.5. The van der Waals surface area contributed by atoms with Crippen LogP contribution in [0.25, 0.3) is 17.5 Å². The molecule has 3 rings (SSSR count). The van der Waals surface area contributed by atoms with E-state index in [0.717, 1.165) is 17.3 Å². The number of benzene rings is 2. The largest absolute Gasteiger partial charge is 0.490 e. The van der Waals surface area contributed by atoms with Crippen LogP contribution in [0.5, 0.6) is 11.5 Å². The molecule has 0 spiro atoms. The van der Waals surface area contributed by atoms with E-state index in [-0.39, 0.29) is 23.3 Å². The van der Waals surface area contributed by atoms with Crippen molar-refractivity contribution in [2.75, 3.05) is 19.8 Å². The molecule has 0 aliphatic heterocycles. The summed E-state index contributed by atoms with van der Waals surface area (Å²) in [6, 6.07) is 11.9. The predicted octanol–water partition coefficient (Wildman–Crippen LogP) is 4.68. The molecule has 0 bridgehead atoms. The van der Waals surface area contributed by atoms with Crippen LogP contribution in [-0.2, 0) is 14.3 Å². The minimum absolute atomic E-state index is 0.00398. The van der Waals surface area contributed by atoms with E-state index >= 15 is 0 Å². The lowest BCUT2D eigenvalue weighted by atomic mass is 10.2. The number of halogens is 1. The number of nitrogens with zero attached hydrogens (tertiary/aromatic N) is 2. The van der Waals surface area contributed by atoms with Gasteiger partial charge in [-0.05, 0) is 73.6 Å². The minimum atomic E-state index is -1.14. The van der Waals surface area contributed by atoms with Crippen LogP contribution < -0.4 is 9.47 Å². The Morgan fingerprint density at radius 3 is 2.53 bits per heavy atom. The molecule has 178 valence electrons. The Morgan fingerprint density at radius 2 is 1.85 bits per heavy atom. The summed E-state index contributed by atoms with van der Waals surface area (Å²) in [6.45, 7) is 3.86. The number of carboxylic acid groups (broad SMARTS) is 1. The van der Waals surface area contributed by atoms with Crippen molar-refractivity contribution in [2.45, 2.75) is 19.0 Å². The van der Waals surface area contributed by atoms with E-state index in [0.29, 0.717) is 34.5 Å². The molecule has 0 aliphatic rings. The first-order valence-corrected chi connectivity index (χ1v) is 11.5. The highest BCUT2D eigenvalue weighted by atomic mass is 35.5. The van der Waals surface area contributed by atoms with Crippen LogP contribution in [0.15, 0.2) is 52.5 Å². The van der Waals surface area contributed by atoms with Gasteiger partial charge in [0.25, 0.3) is 0 Å². The van der Waals surface area contributed by atoms with Gasteiger partial charge in [0.15, 0.2) is 23.9 Å². The predicted molar refractivity (Wildman–Crippen MR) is 128 cm³/mol. The van der Waals surface area contributed by atoms with Crippen LogP contribution in [0.3, 0.4) is 0 Å². The standard InChI is InChI=1S/C23H22ClN3O6S/c1-3-31-18-11-14(5-10-17(18)33-13-20(28)32-4-2)12-19(22(29)30)34-23-25-21(26-27-23)15-6-8-16(24)9-7-15/h5-12H,3-4,13H2,1-2H3,(H,29,30)(H,25,26,27)/b19-12-. The van der Waals surface area contributed by atoms with Crippen LogP contribution >= 0.6 is 23.4 Å². The van der Waals surface area contributed by atoms with Gasteiger partial charge in [-0.15, -0.1) is 5.10 Å². The Hall–Kier alpha value is -3.50. The van der Waals surface area contributed by atoms with Gasteiger partial charge in [-0.25, -0.2) is 14.6 Å². The SMILES string of the molecule is CCOC(=O)COc1ccc(/C=C(\Sc2n[nH]c(-c3ccc(Cl)cc3)n2)C(=O)O)cc1OCC. The normalized spacial score (nSPS) is 11.2. The molecule has 0 amide bonds. The number of aliphatic carboxylic acids is 1. The summed E-state index contributed by atoms with van der Waals surface area (Å²) < 4.78 is 15.9. The quantitative estimate of drug-likeness (QED) is 0.218. The Kier molecular flexibility index (Phi) is 8.94. The third-order valence-corrected chi connectivity index (χ3v) is 5.34. The molecular formula is C23H22ClN3O6S. The van der Waals surface area contributed by atoms with Gasteiger partial charge in [-0.2, -0.15) is 0 Å². The number of H-pyrrole nitrogens is 1. The first-order valence-electron chi connectivity index (χ1n) is 10.3. The summed E-state index contributed by atoms with van der Waals surface area (Å²) in [6.07, 6.45) is 1.48. The maximum absolute atomic E-state index is 11.9. The van der Waals surface area contributed by atoms with Crippen LogP contribution in [-0.4, -0.2) is 52.0 Å². The number of esters is 1. The van der Waals surface area contributed by atoms with Crippen molar-refractivity contribution in [1.29, 1.82) is 0 Å². The summed E-state index contributed by atoms with van der Waals surface area (Å²) in [5, 5.41) is 17.4. The van der Waals surface area contributed by atoms with E-state index in [1.807, 2.05) is 0 Å². The molecule has 11 heteroatoms. The van der Waals surface area contributed by atoms with Gasteiger partial charge >= 0.3 is 11.9 Å². The highest BCUT2D eigenvalue weighted by Gasteiger charge is 2.16. The Morgan fingerprint density at radius 1 is 1.09 bits per heavy atom. The smallest absolute Gasteiger partial charge is 0.344 e. The Balaban J connectivity index is 1.79. The number of hydrogen-bond acceptors (Lipinski definition) is 8. The molecule has 2 N–H and O–H groups in total. The van der Waals surface area contributed by atoms with Gasteiger partial charge in [-0.3, -0.25) is 5.10 Å². The van der Waals surface area contributed by atoms with E-state index in [2.05, 4.69) is 15.2 Å². The number of nitrogens with one attached hydrogen (secondary N) is 1. The summed E-state index contributed by atoms with van der Waals surface area (Å²) in [7, 11) is 0. The number of rotatable bonds is 11. The number of thioether (sulfide) groups is 1. The maximum atomic E-state index is 11.9. The highest BCUT2D eigenvalue weighted by molar-refractivity contribution is 8.04. The molecular weight excluding hydrogens is 482 g/mol. The lowest BCUT2D eigenvalue weighted by Crippen LogP contribution is -2.15. The van der Waals surface area contributed by atoms with Crippen molar-refractivity contribution in [3.8, 4) is 22.9 Å². The maximum Gasteiger partial charge on any atom is 0.344 e. The van der Waals surface area contributed by atoms with Crippen molar-refractivity contribution in [3.05, 3.63) is 58.0 Å². The Bertz CT molecular complexity index is 1180. The molecule has 1 aromatic heterocycles. The van der Waals surface area contributed by atoms with Crippen molar-refractivity contribution in [2.24, 2.45) is 0 Å². The second-order valence-corrected chi connectivity index (χ2v) is 8.07. The first kappa shape index (κ1) is 25.1. The summed E-state index contributed by atoms with van der Waals surface area (Å²) >= 11 is 6.81. The number of carbonyl (C=O) groups is 2. The second kappa shape index (κ2) is 12.1. The Labute approximate surface area is 205 Å². The molecule has 0 atom stereocenters. The number of carbonyl (C=O) groups excluding carboxylic acids is 1. The molecule has 1 heterocycles. The fourth-order valence-electron chi connectivity index (χ4n) is 2.75. The summed E-state index contributed by atoms with van der Waals surface area (Å²) in [5.41, 5.74) is 1.33.